The summed E-state index contributed by atoms with van der Waals surface area (Å²) in [4.78, 5) is 12.0. The maximum Gasteiger partial charge on any atom is 0.200 e. The first-order valence-corrected chi connectivity index (χ1v) is 7.37. The standard InChI is InChI=1S/C17H17BrO2/c1-12(2)13-5-9-16(10-6-13)20-11-17(19)14-3-7-15(18)8-4-14/h3-10,12H,11H2,1-2H3. The molecule has 104 valence electrons. The molecule has 0 fully saturated rings. The normalized spacial score (nSPS) is 10.6. The fourth-order valence-electron chi connectivity index (χ4n) is 1.82. The second-order valence-electron chi connectivity index (χ2n) is 4.94. The molecule has 0 spiro atoms. The van der Waals surface area contributed by atoms with Crippen LogP contribution in [0.4, 0.5) is 0 Å². The number of Topliss-reactive ketones (excluding diaryl/α,β-unsaturated/α-hetero) is 1. The van der Waals surface area contributed by atoms with Gasteiger partial charge in [-0.2, -0.15) is 0 Å². The molecular weight excluding hydrogens is 316 g/mol. The van der Waals surface area contributed by atoms with Crippen molar-refractivity contribution in [2.45, 2.75) is 19.8 Å². The van der Waals surface area contributed by atoms with E-state index in [1.807, 2.05) is 36.4 Å². The van der Waals surface area contributed by atoms with Crippen LogP contribution in [0.5, 0.6) is 5.75 Å². The van der Waals surface area contributed by atoms with E-state index in [9.17, 15) is 4.79 Å². The Labute approximate surface area is 127 Å². The first kappa shape index (κ1) is 14.8. The minimum atomic E-state index is -0.0227. The van der Waals surface area contributed by atoms with Gasteiger partial charge in [-0.15, -0.1) is 0 Å². The molecule has 20 heavy (non-hydrogen) atoms. The zero-order valence-electron chi connectivity index (χ0n) is 11.6. The van der Waals surface area contributed by atoms with Gasteiger partial charge in [-0.05, 0) is 35.7 Å². The van der Waals surface area contributed by atoms with Gasteiger partial charge in [0.25, 0.3) is 0 Å². The molecule has 2 aromatic carbocycles. The lowest BCUT2D eigenvalue weighted by Crippen LogP contribution is -2.11. The molecule has 2 rings (SSSR count). The third-order valence-corrected chi connectivity index (χ3v) is 3.61. The molecule has 3 heteroatoms. The SMILES string of the molecule is CC(C)c1ccc(OCC(=O)c2ccc(Br)cc2)cc1. The molecule has 0 atom stereocenters. The van der Waals surface area contributed by atoms with E-state index >= 15 is 0 Å². The Morgan fingerprint density at radius 1 is 1.05 bits per heavy atom. The number of halogens is 1. The Morgan fingerprint density at radius 2 is 1.65 bits per heavy atom. The summed E-state index contributed by atoms with van der Waals surface area (Å²) in [5, 5.41) is 0. The second kappa shape index (κ2) is 6.71. The number of hydrogen-bond donors (Lipinski definition) is 0. The third kappa shape index (κ3) is 3.94. The maximum atomic E-state index is 12.0. The van der Waals surface area contributed by atoms with Crippen LogP contribution in [0.1, 0.15) is 35.7 Å². The van der Waals surface area contributed by atoms with Crippen LogP contribution in [-0.2, 0) is 0 Å². The highest BCUT2D eigenvalue weighted by molar-refractivity contribution is 9.10. The number of carbonyl (C=O) groups is 1. The summed E-state index contributed by atoms with van der Waals surface area (Å²) in [6, 6.07) is 15.2. The molecular formula is C17H17BrO2. The molecule has 0 aliphatic heterocycles. The third-order valence-electron chi connectivity index (χ3n) is 3.08. The van der Waals surface area contributed by atoms with Gasteiger partial charge in [-0.1, -0.05) is 54.0 Å². The van der Waals surface area contributed by atoms with Crippen molar-refractivity contribution >= 4 is 21.7 Å². The van der Waals surface area contributed by atoms with Crippen LogP contribution < -0.4 is 4.74 Å². The van der Waals surface area contributed by atoms with E-state index < -0.39 is 0 Å². The maximum absolute atomic E-state index is 12.0. The molecule has 0 saturated heterocycles. The fraction of sp³-hybridized carbons (Fsp3) is 0.235. The van der Waals surface area contributed by atoms with Gasteiger partial charge in [0, 0.05) is 10.0 Å². The minimum Gasteiger partial charge on any atom is -0.485 e. The fourth-order valence-corrected chi connectivity index (χ4v) is 2.08. The molecule has 2 aromatic rings. The topological polar surface area (TPSA) is 26.3 Å². The molecule has 0 heterocycles. The Bertz CT molecular complexity index is 571. The molecule has 0 bridgehead atoms. The molecule has 0 aromatic heterocycles. The van der Waals surface area contributed by atoms with Crippen molar-refractivity contribution in [1.29, 1.82) is 0 Å². The van der Waals surface area contributed by atoms with Crippen LogP contribution in [0.25, 0.3) is 0 Å². The predicted octanol–water partition coefficient (Wildman–Crippen LogP) is 4.83. The van der Waals surface area contributed by atoms with E-state index in [0.717, 1.165) is 10.2 Å². The lowest BCUT2D eigenvalue weighted by atomic mass is 10.0. The van der Waals surface area contributed by atoms with Crippen LogP contribution >= 0.6 is 15.9 Å². The van der Waals surface area contributed by atoms with Crippen LogP contribution in [0.3, 0.4) is 0 Å². The van der Waals surface area contributed by atoms with Crippen LogP contribution in [0.2, 0.25) is 0 Å². The first-order valence-electron chi connectivity index (χ1n) is 6.58. The lowest BCUT2D eigenvalue weighted by molar-refractivity contribution is 0.0921. The monoisotopic (exact) mass is 332 g/mol. The van der Waals surface area contributed by atoms with Gasteiger partial charge in [0.05, 0.1) is 0 Å². The van der Waals surface area contributed by atoms with Crippen molar-refractivity contribution in [3.05, 3.63) is 64.1 Å². The molecule has 0 aliphatic rings. The van der Waals surface area contributed by atoms with Crippen LogP contribution in [0, 0.1) is 0 Å². The lowest BCUT2D eigenvalue weighted by Gasteiger charge is -2.08. The first-order chi connectivity index (χ1) is 9.56. The Balaban J connectivity index is 1.94. The number of ether oxygens (including phenoxy) is 1. The summed E-state index contributed by atoms with van der Waals surface area (Å²) in [6.45, 7) is 4.35. The van der Waals surface area contributed by atoms with Gasteiger partial charge in [-0.25, -0.2) is 0 Å². The largest absolute Gasteiger partial charge is 0.485 e. The highest BCUT2D eigenvalue weighted by Crippen LogP contribution is 2.19. The van der Waals surface area contributed by atoms with Gasteiger partial charge in [0.2, 0.25) is 0 Å². The highest BCUT2D eigenvalue weighted by atomic mass is 79.9. The number of carbonyl (C=O) groups excluding carboxylic acids is 1. The van der Waals surface area contributed by atoms with Gasteiger partial charge in [0.1, 0.15) is 5.75 Å². The Morgan fingerprint density at radius 3 is 2.20 bits per heavy atom. The van der Waals surface area contributed by atoms with Crippen molar-refractivity contribution in [3.8, 4) is 5.75 Å². The summed E-state index contributed by atoms with van der Waals surface area (Å²) in [7, 11) is 0. The quantitative estimate of drug-likeness (QED) is 0.732. The molecule has 0 unspecified atom stereocenters. The summed E-state index contributed by atoms with van der Waals surface area (Å²) in [6.07, 6.45) is 0. The smallest absolute Gasteiger partial charge is 0.200 e. The van der Waals surface area contributed by atoms with E-state index in [1.54, 1.807) is 12.1 Å². The molecule has 2 nitrogen and oxygen atoms in total. The van der Waals surface area contributed by atoms with E-state index in [1.165, 1.54) is 5.56 Å². The van der Waals surface area contributed by atoms with Gasteiger partial charge in [0.15, 0.2) is 12.4 Å². The van der Waals surface area contributed by atoms with Crippen molar-refractivity contribution in [2.24, 2.45) is 0 Å². The Kier molecular flexibility index (Phi) is 4.96. The van der Waals surface area contributed by atoms with Crippen molar-refractivity contribution in [2.75, 3.05) is 6.61 Å². The average Bonchev–Trinajstić information content (AvgIpc) is 2.46. The zero-order valence-corrected chi connectivity index (χ0v) is 13.2. The Hall–Kier alpha value is -1.61. The van der Waals surface area contributed by atoms with Crippen LogP contribution in [-0.4, -0.2) is 12.4 Å². The van der Waals surface area contributed by atoms with E-state index in [2.05, 4.69) is 29.8 Å². The van der Waals surface area contributed by atoms with E-state index in [0.29, 0.717) is 11.5 Å². The molecule has 0 amide bonds. The summed E-state index contributed by atoms with van der Waals surface area (Å²) < 4.78 is 6.48. The van der Waals surface area contributed by atoms with E-state index in [4.69, 9.17) is 4.74 Å². The summed E-state index contributed by atoms with van der Waals surface area (Å²) >= 11 is 3.35. The van der Waals surface area contributed by atoms with Crippen molar-refractivity contribution < 1.29 is 9.53 Å². The second-order valence-corrected chi connectivity index (χ2v) is 5.86. The molecule has 0 N–H and O–H groups in total. The predicted molar refractivity (Wildman–Crippen MR) is 84.5 cm³/mol. The van der Waals surface area contributed by atoms with Gasteiger partial charge >= 0.3 is 0 Å². The van der Waals surface area contributed by atoms with Gasteiger partial charge in [-0.3, -0.25) is 4.79 Å². The number of rotatable bonds is 5. The zero-order chi connectivity index (χ0) is 14.5. The number of hydrogen-bond acceptors (Lipinski definition) is 2. The van der Waals surface area contributed by atoms with Gasteiger partial charge < -0.3 is 4.74 Å². The summed E-state index contributed by atoms with van der Waals surface area (Å²) in [5.41, 5.74) is 1.92. The molecule has 0 aliphatic carbocycles. The number of ketones is 1. The van der Waals surface area contributed by atoms with Crippen LogP contribution in [0.15, 0.2) is 53.0 Å². The number of benzene rings is 2. The van der Waals surface area contributed by atoms with Crippen molar-refractivity contribution in [1.82, 2.24) is 0 Å². The minimum absolute atomic E-state index is 0.0227. The molecule has 0 saturated carbocycles. The summed E-state index contributed by atoms with van der Waals surface area (Å²) in [5.74, 6) is 1.19. The molecule has 0 radical (unpaired) electrons. The van der Waals surface area contributed by atoms with E-state index in [-0.39, 0.29) is 12.4 Å². The van der Waals surface area contributed by atoms with Crippen molar-refractivity contribution in [3.63, 3.8) is 0 Å². The highest BCUT2D eigenvalue weighted by Gasteiger charge is 2.07. The average molecular weight is 333 g/mol.